The molecule has 6 heteroatoms. The van der Waals surface area contributed by atoms with E-state index >= 15 is 0 Å². The van der Waals surface area contributed by atoms with Gasteiger partial charge in [0.1, 0.15) is 17.9 Å². The standard InChI is InChI=1S/C17H23FN4O/c1-4-5-6-11-23-16-8-7-14(18)12-15(16)17(20-21(2)3)22-10-9-19-13-22/h7-10,12-13H,4-6,11H2,1-3H3. The molecule has 5 nitrogen and oxygen atoms in total. The number of hydrazone groups is 1. The molecule has 0 fully saturated rings. The van der Waals surface area contributed by atoms with E-state index in [0.29, 0.717) is 23.8 Å². The molecule has 0 spiro atoms. The lowest BCUT2D eigenvalue weighted by molar-refractivity contribution is 0.305. The number of rotatable bonds is 7. The van der Waals surface area contributed by atoms with Gasteiger partial charge in [-0.1, -0.05) is 19.8 Å². The Morgan fingerprint density at radius 2 is 2.17 bits per heavy atom. The van der Waals surface area contributed by atoms with E-state index in [1.54, 1.807) is 34.4 Å². The molecule has 1 heterocycles. The number of aromatic nitrogens is 2. The smallest absolute Gasteiger partial charge is 0.169 e. The molecule has 2 rings (SSSR count). The average molecular weight is 318 g/mol. The van der Waals surface area contributed by atoms with Crippen LogP contribution in [-0.4, -0.2) is 41.1 Å². The average Bonchev–Trinajstić information content (AvgIpc) is 3.04. The summed E-state index contributed by atoms with van der Waals surface area (Å²) in [4.78, 5) is 4.04. The first-order chi connectivity index (χ1) is 11.1. The molecule has 124 valence electrons. The third kappa shape index (κ3) is 4.81. The van der Waals surface area contributed by atoms with Gasteiger partial charge in [-0.3, -0.25) is 4.57 Å². The Morgan fingerprint density at radius 3 is 2.83 bits per heavy atom. The summed E-state index contributed by atoms with van der Waals surface area (Å²) >= 11 is 0. The normalized spacial score (nSPS) is 11.6. The van der Waals surface area contributed by atoms with Crippen LogP contribution in [0.2, 0.25) is 0 Å². The maximum atomic E-state index is 13.8. The van der Waals surface area contributed by atoms with Gasteiger partial charge in [0.15, 0.2) is 5.84 Å². The molecule has 0 N–H and O–H groups in total. The van der Waals surface area contributed by atoms with Crippen LogP contribution in [0.3, 0.4) is 0 Å². The Morgan fingerprint density at radius 1 is 1.35 bits per heavy atom. The minimum Gasteiger partial charge on any atom is -0.493 e. The van der Waals surface area contributed by atoms with Gasteiger partial charge in [-0.05, 0) is 24.6 Å². The topological polar surface area (TPSA) is 42.6 Å². The van der Waals surface area contributed by atoms with Gasteiger partial charge < -0.3 is 9.75 Å². The molecular formula is C17H23FN4O. The molecule has 0 radical (unpaired) electrons. The van der Waals surface area contributed by atoms with Crippen LogP contribution in [0.15, 0.2) is 42.0 Å². The van der Waals surface area contributed by atoms with Crippen molar-refractivity contribution >= 4 is 5.84 Å². The molecule has 0 aliphatic heterocycles. The highest BCUT2D eigenvalue weighted by Crippen LogP contribution is 2.22. The fourth-order valence-electron chi connectivity index (χ4n) is 2.16. The van der Waals surface area contributed by atoms with Crippen LogP contribution in [-0.2, 0) is 0 Å². The zero-order valence-electron chi connectivity index (χ0n) is 13.9. The number of ether oxygens (including phenoxy) is 1. The minimum atomic E-state index is -0.326. The van der Waals surface area contributed by atoms with Crippen molar-refractivity contribution in [1.82, 2.24) is 14.6 Å². The van der Waals surface area contributed by atoms with Gasteiger partial charge in [-0.25, -0.2) is 9.37 Å². The maximum Gasteiger partial charge on any atom is 0.169 e. The Hall–Kier alpha value is -2.37. The molecule has 0 saturated heterocycles. The fraction of sp³-hybridized carbons (Fsp3) is 0.412. The summed E-state index contributed by atoms with van der Waals surface area (Å²) in [5.74, 6) is 0.863. The van der Waals surface area contributed by atoms with Crippen LogP contribution >= 0.6 is 0 Å². The van der Waals surface area contributed by atoms with Crippen molar-refractivity contribution < 1.29 is 9.13 Å². The maximum absolute atomic E-state index is 13.8. The number of unbranched alkanes of at least 4 members (excludes halogenated alkanes) is 2. The van der Waals surface area contributed by atoms with Crippen molar-refractivity contribution in [3.8, 4) is 5.75 Å². The van der Waals surface area contributed by atoms with Gasteiger partial charge in [0.2, 0.25) is 0 Å². The van der Waals surface area contributed by atoms with Gasteiger partial charge in [0.25, 0.3) is 0 Å². The van der Waals surface area contributed by atoms with Gasteiger partial charge >= 0.3 is 0 Å². The van der Waals surface area contributed by atoms with Gasteiger partial charge in [0, 0.05) is 26.5 Å². The van der Waals surface area contributed by atoms with E-state index in [2.05, 4.69) is 17.0 Å². The van der Waals surface area contributed by atoms with Crippen LogP contribution < -0.4 is 4.74 Å². The third-order valence-corrected chi connectivity index (χ3v) is 3.23. The van der Waals surface area contributed by atoms with Crippen LogP contribution in [0, 0.1) is 5.82 Å². The minimum absolute atomic E-state index is 0.326. The molecule has 1 aromatic heterocycles. The summed E-state index contributed by atoms with van der Waals surface area (Å²) in [7, 11) is 3.63. The van der Waals surface area contributed by atoms with Gasteiger partial charge in [0.05, 0.1) is 12.2 Å². The van der Waals surface area contributed by atoms with Gasteiger partial charge in [-0.15, -0.1) is 0 Å². The SMILES string of the molecule is CCCCCOc1ccc(F)cc1C(=NN(C)C)n1ccnc1. The summed E-state index contributed by atoms with van der Waals surface area (Å²) in [6.07, 6.45) is 8.27. The third-order valence-electron chi connectivity index (χ3n) is 3.23. The number of imidazole rings is 1. The highest BCUT2D eigenvalue weighted by molar-refractivity contribution is 6.02. The number of hydrogen-bond donors (Lipinski definition) is 0. The molecule has 0 aliphatic carbocycles. The van der Waals surface area contributed by atoms with Crippen LogP contribution in [0.5, 0.6) is 5.75 Å². The Bertz CT molecular complexity index is 638. The lowest BCUT2D eigenvalue weighted by Gasteiger charge is -2.16. The highest BCUT2D eigenvalue weighted by Gasteiger charge is 2.15. The Balaban J connectivity index is 2.35. The van der Waals surface area contributed by atoms with Crippen LogP contribution in [0.1, 0.15) is 31.7 Å². The lowest BCUT2D eigenvalue weighted by Crippen LogP contribution is -2.18. The second-order valence-corrected chi connectivity index (χ2v) is 5.44. The summed E-state index contributed by atoms with van der Waals surface area (Å²) in [6, 6.07) is 4.50. The second-order valence-electron chi connectivity index (χ2n) is 5.44. The molecule has 0 unspecified atom stereocenters. The number of benzene rings is 1. The summed E-state index contributed by atoms with van der Waals surface area (Å²) in [5.41, 5.74) is 0.605. The summed E-state index contributed by atoms with van der Waals surface area (Å²) < 4.78 is 21.4. The highest BCUT2D eigenvalue weighted by atomic mass is 19.1. The zero-order chi connectivity index (χ0) is 16.7. The molecule has 0 atom stereocenters. The monoisotopic (exact) mass is 318 g/mol. The van der Waals surface area contributed by atoms with E-state index in [1.807, 2.05) is 14.1 Å². The molecule has 1 aromatic carbocycles. The number of halogens is 1. The van der Waals surface area contributed by atoms with Crippen molar-refractivity contribution in [3.63, 3.8) is 0 Å². The van der Waals surface area contributed by atoms with Gasteiger partial charge in [-0.2, -0.15) is 5.10 Å². The molecule has 0 saturated carbocycles. The molecular weight excluding hydrogens is 295 g/mol. The number of hydrogen-bond acceptors (Lipinski definition) is 4. The predicted molar refractivity (Wildman–Crippen MR) is 89.3 cm³/mol. The Labute approximate surface area is 136 Å². The summed E-state index contributed by atoms with van der Waals surface area (Å²) in [5, 5.41) is 6.13. The zero-order valence-corrected chi connectivity index (χ0v) is 13.9. The lowest BCUT2D eigenvalue weighted by atomic mass is 10.1. The van der Waals surface area contributed by atoms with E-state index in [0.717, 1.165) is 19.3 Å². The van der Waals surface area contributed by atoms with Crippen molar-refractivity contribution in [2.45, 2.75) is 26.2 Å². The summed E-state index contributed by atoms with van der Waals surface area (Å²) in [6.45, 7) is 2.75. The second kappa shape index (κ2) is 8.31. The largest absolute Gasteiger partial charge is 0.493 e. The Kier molecular flexibility index (Phi) is 6.14. The van der Waals surface area contributed by atoms with E-state index in [1.165, 1.54) is 12.1 Å². The number of nitrogens with zero attached hydrogens (tertiary/aromatic N) is 4. The van der Waals surface area contributed by atoms with Crippen LogP contribution in [0.25, 0.3) is 0 Å². The van der Waals surface area contributed by atoms with Crippen LogP contribution in [0.4, 0.5) is 4.39 Å². The molecule has 23 heavy (non-hydrogen) atoms. The van der Waals surface area contributed by atoms with E-state index in [4.69, 9.17) is 4.74 Å². The van der Waals surface area contributed by atoms with E-state index in [9.17, 15) is 4.39 Å². The van der Waals surface area contributed by atoms with Crippen molar-refractivity contribution in [2.24, 2.45) is 5.10 Å². The molecule has 2 aromatic rings. The fourth-order valence-corrected chi connectivity index (χ4v) is 2.16. The van der Waals surface area contributed by atoms with E-state index < -0.39 is 0 Å². The molecule has 0 aliphatic rings. The first kappa shape index (κ1) is 17.0. The first-order valence-corrected chi connectivity index (χ1v) is 7.78. The van der Waals surface area contributed by atoms with Crippen molar-refractivity contribution in [2.75, 3.05) is 20.7 Å². The van der Waals surface area contributed by atoms with E-state index in [-0.39, 0.29) is 5.82 Å². The molecule has 0 amide bonds. The first-order valence-electron chi connectivity index (χ1n) is 7.78. The molecule has 0 bridgehead atoms. The van der Waals surface area contributed by atoms with Crippen molar-refractivity contribution in [3.05, 3.63) is 48.3 Å². The predicted octanol–water partition coefficient (Wildman–Crippen LogP) is 3.36. The quantitative estimate of drug-likeness (QED) is 0.340. The van der Waals surface area contributed by atoms with Crippen molar-refractivity contribution in [1.29, 1.82) is 0 Å².